The maximum Gasteiger partial charge on any atom is 0.407 e. The van der Waals surface area contributed by atoms with E-state index in [1.54, 1.807) is 0 Å². The number of nitrogens with one attached hydrogen (secondary N) is 2. The molecule has 7 heteroatoms. The highest BCUT2D eigenvalue weighted by Crippen LogP contribution is 2.57. The molecular weight excluding hydrogens is 420 g/mol. The van der Waals surface area contributed by atoms with E-state index < -0.39 is 30.4 Å². The number of aliphatic carboxylic acids is 1. The van der Waals surface area contributed by atoms with Crippen molar-refractivity contribution in [1.82, 2.24) is 10.6 Å². The van der Waals surface area contributed by atoms with Crippen LogP contribution in [0.1, 0.15) is 55.6 Å². The van der Waals surface area contributed by atoms with Crippen molar-refractivity contribution in [3.8, 4) is 11.1 Å². The second kappa shape index (κ2) is 8.54. The number of rotatable bonds is 7. The second-order valence-electron chi connectivity index (χ2n) is 9.44. The minimum absolute atomic E-state index is 0.0607. The third-order valence-electron chi connectivity index (χ3n) is 7.45. The Hall–Kier alpha value is -3.35. The number of hydrogen-bond acceptors (Lipinski definition) is 4. The van der Waals surface area contributed by atoms with E-state index in [1.165, 1.54) is 0 Å². The molecule has 2 saturated carbocycles. The largest absolute Gasteiger partial charge is 0.481 e. The van der Waals surface area contributed by atoms with Crippen LogP contribution in [-0.4, -0.2) is 41.8 Å². The lowest BCUT2D eigenvalue weighted by Gasteiger charge is -2.24. The zero-order valence-electron chi connectivity index (χ0n) is 18.4. The standard InChI is InChI=1S/C26H28N2O5/c29-23(30)14-21(24(31)28-22-10-5-11-26(22)12-13-26)27-25(32)33-15-20-18-8-3-1-6-16(18)17-7-2-4-9-19(17)20/h1-4,6-9,20-22H,5,10-15H2,(H,27,32)(H,28,31)(H,29,30). The molecule has 5 rings (SSSR count). The Morgan fingerprint density at radius 1 is 1.00 bits per heavy atom. The van der Waals surface area contributed by atoms with Crippen LogP contribution in [0.5, 0.6) is 0 Å². The summed E-state index contributed by atoms with van der Waals surface area (Å²) in [5.41, 5.74) is 4.60. The number of amides is 2. The summed E-state index contributed by atoms with van der Waals surface area (Å²) < 4.78 is 5.50. The van der Waals surface area contributed by atoms with Crippen LogP contribution >= 0.6 is 0 Å². The summed E-state index contributed by atoms with van der Waals surface area (Å²) in [6.45, 7) is 0.104. The summed E-state index contributed by atoms with van der Waals surface area (Å²) in [6.07, 6.45) is 3.98. The first-order valence-corrected chi connectivity index (χ1v) is 11.6. The Morgan fingerprint density at radius 3 is 2.24 bits per heavy atom. The number of fused-ring (bicyclic) bond motifs is 3. The molecule has 0 bridgehead atoms. The number of benzene rings is 2. The molecule has 1 spiro atoms. The van der Waals surface area contributed by atoms with E-state index in [2.05, 4.69) is 22.8 Å². The van der Waals surface area contributed by atoms with Crippen molar-refractivity contribution in [2.45, 2.75) is 56.5 Å². The third kappa shape index (κ3) is 4.19. The Bertz CT molecular complexity index is 1050. The fourth-order valence-corrected chi connectivity index (χ4v) is 5.56. The van der Waals surface area contributed by atoms with Gasteiger partial charge >= 0.3 is 12.1 Å². The van der Waals surface area contributed by atoms with E-state index in [0.29, 0.717) is 0 Å². The summed E-state index contributed by atoms with van der Waals surface area (Å²) in [5, 5.41) is 14.8. The first kappa shape index (κ1) is 21.5. The Morgan fingerprint density at radius 2 is 1.64 bits per heavy atom. The van der Waals surface area contributed by atoms with E-state index >= 15 is 0 Å². The van der Waals surface area contributed by atoms with Gasteiger partial charge in [-0.3, -0.25) is 9.59 Å². The Labute approximate surface area is 192 Å². The molecule has 2 amide bonds. The van der Waals surface area contributed by atoms with Crippen molar-refractivity contribution in [1.29, 1.82) is 0 Å². The van der Waals surface area contributed by atoms with Crippen molar-refractivity contribution in [2.24, 2.45) is 5.41 Å². The smallest absolute Gasteiger partial charge is 0.407 e. The predicted molar refractivity (Wildman–Crippen MR) is 122 cm³/mol. The van der Waals surface area contributed by atoms with E-state index in [0.717, 1.165) is 54.4 Å². The van der Waals surface area contributed by atoms with E-state index in [4.69, 9.17) is 4.74 Å². The predicted octanol–water partition coefficient (Wildman–Crippen LogP) is 3.82. The molecule has 2 aromatic carbocycles. The first-order chi connectivity index (χ1) is 16.0. The van der Waals surface area contributed by atoms with Crippen LogP contribution in [-0.2, 0) is 14.3 Å². The van der Waals surface area contributed by atoms with Gasteiger partial charge in [-0.15, -0.1) is 0 Å². The molecule has 0 heterocycles. The van der Waals surface area contributed by atoms with Crippen LogP contribution < -0.4 is 10.6 Å². The van der Waals surface area contributed by atoms with Crippen LogP contribution in [0, 0.1) is 5.41 Å². The Balaban J connectivity index is 1.23. The molecule has 2 atom stereocenters. The van der Waals surface area contributed by atoms with Gasteiger partial charge in [-0.1, -0.05) is 55.0 Å². The fraction of sp³-hybridized carbons (Fsp3) is 0.423. The van der Waals surface area contributed by atoms with Crippen LogP contribution in [0.3, 0.4) is 0 Å². The maximum atomic E-state index is 12.8. The molecule has 0 saturated heterocycles. The number of ether oxygens (including phenoxy) is 1. The highest BCUT2D eigenvalue weighted by molar-refractivity contribution is 5.89. The maximum absolute atomic E-state index is 12.8. The quantitative estimate of drug-likeness (QED) is 0.597. The van der Waals surface area contributed by atoms with E-state index in [-0.39, 0.29) is 24.0 Å². The van der Waals surface area contributed by atoms with E-state index in [9.17, 15) is 19.5 Å². The van der Waals surface area contributed by atoms with Crippen molar-refractivity contribution in [2.75, 3.05) is 6.61 Å². The van der Waals surface area contributed by atoms with Crippen LogP contribution in [0.2, 0.25) is 0 Å². The summed E-state index contributed by atoms with van der Waals surface area (Å²) in [5.74, 6) is -1.71. The number of hydrogen-bond donors (Lipinski definition) is 3. The molecule has 3 N–H and O–H groups in total. The molecule has 0 aliphatic heterocycles. The zero-order chi connectivity index (χ0) is 23.0. The molecule has 0 aromatic heterocycles. The normalized spacial score (nSPS) is 20.5. The molecule has 2 aromatic rings. The molecule has 2 unspecified atom stereocenters. The molecule has 33 heavy (non-hydrogen) atoms. The number of carboxylic acid groups (broad SMARTS) is 1. The molecule has 2 fully saturated rings. The second-order valence-corrected chi connectivity index (χ2v) is 9.44. The van der Waals surface area contributed by atoms with Gasteiger partial charge in [-0.25, -0.2) is 4.79 Å². The van der Waals surface area contributed by atoms with Gasteiger partial charge in [0.2, 0.25) is 5.91 Å². The molecule has 172 valence electrons. The lowest BCUT2D eigenvalue weighted by atomic mass is 9.98. The van der Waals surface area contributed by atoms with Crippen molar-refractivity contribution < 1.29 is 24.2 Å². The SMILES string of the molecule is O=C(O)CC(NC(=O)OCC1c2ccccc2-c2ccccc21)C(=O)NC1CCCC12CC2. The number of carbonyl (C=O) groups excluding carboxylic acids is 2. The van der Waals surface area contributed by atoms with Crippen molar-refractivity contribution >= 4 is 18.0 Å². The number of carboxylic acids is 1. The van der Waals surface area contributed by atoms with Gasteiger partial charge in [-0.2, -0.15) is 0 Å². The zero-order valence-corrected chi connectivity index (χ0v) is 18.4. The molecule has 3 aliphatic rings. The first-order valence-electron chi connectivity index (χ1n) is 11.6. The van der Waals surface area contributed by atoms with Gasteiger partial charge in [0, 0.05) is 12.0 Å². The van der Waals surface area contributed by atoms with Gasteiger partial charge in [0.05, 0.1) is 6.42 Å². The Kier molecular flexibility index (Phi) is 5.56. The van der Waals surface area contributed by atoms with Gasteiger partial charge in [0.1, 0.15) is 12.6 Å². The topological polar surface area (TPSA) is 105 Å². The lowest BCUT2D eigenvalue weighted by Crippen LogP contribution is -2.51. The summed E-state index contributed by atoms with van der Waals surface area (Å²) >= 11 is 0. The van der Waals surface area contributed by atoms with Crippen LogP contribution in [0.15, 0.2) is 48.5 Å². The molecule has 3 aliphatic carbocycles. The lowest BCUT2D eigenvalue weighted by molar-refractivity contribution is -0.140. The average Bonchev–Trinajstić information content (AvgIpc) is 3.38. The number of carbonyl (C=O) groups is 3. The van der Waals surface area contributed by atoms with Gasteiger partial charge in [-0.05, 0) is 53.4 Å². The van der Waals surface area contributed by atoms with Gasteiger partial charge in [0.15, 0.2) is 0 Å². The van der Waals surface area contributed by atoms with Gasteiger partial charge < -0.3 is 20.5 Å². The fourth-order valence-electron chi connectivity index (χ4n) is 5.56. The molecule has 7 nitrogen and oxygen atoms in total. The van der Waals surface area contributed by atoms with Crippen molar-refractivity contribution in [3.05, 3.63) is 59.7 Å². The average molecular weight is 449 g/mol. The minimum atomic E-state index is -1.17. The summed E-state index contributed by atoms with van der Waals surface area (Å²) in [4.78, 5) is 36.8. The van der Waals surface area contributed by atoms with Crippen molar-refractivity contribution in [3.63, 3.8) is 0 Å². The van der Waals surface area contributed by atoms with Crippen LogP contribution in [0.4, 0.5) is 4.79 Å². The summed E-state index contributed by atoms with van der Waals surface area (Å²) in [6, 6.07) is 14.9. The molecular formula is C26H28N2O5. The monoisotopic (exact) mass is 448 g/mol. The van der Waals surface area contributed by atoms with Crippen LogP contribution in [0.25, 0.3) is 11.1 Å². The van der Waals surface area contributed by atoms with Gasteiger partial charge in [0.25, 0.3) is 0 Å². The third-order valence-corrected chi connectivity index (χ3v) is 7.45. The molecule has 0 radical (unpaired) electrons. The number of alkyl carbamates (subject to hydrolysis) is 1. The highest BCUT2D eigenvalue weighted by atomic mass is 16.5. The highest BCUT2D eigenvalue weighted by Gasteiger charge is 2.52. The van der Waals surface area contributed by atoms with E-state index in [1.807, 2.05) is 36.4 Å². The minimum Gasteiger partial charge on any atom is -0.481 e. The summed E-state index contributed by atoms with van der Waals surface area (Å²) in [7, 11) is 0.